The largest absolute Gasteiger partial charge is 0.252 e. The lowest BCUT2D eigenvalue weighted by Gasteiger charge is -2.29. The predicted molar refractivity (Wildman–Crippen MR) is 73.9 cm³/mol. The van der Waals surface area contributed by atoms with Gasteiger partial charge in [0.1, 0.15) is 4.21 Å². The number of aryl methyl sites for hydroxylation is 1. The van der Waals surface area contributed by atoms with Crippen LogP contribution < -0.4 is 0 Å². The average molecular weight is 338 g/mol. The van der Waals surface area contributed by atoms with E-state index in [4.69, 9.17) is 0 Å². The molecule has 0 unspecified atom stereocenters. The number of sulfonamides is 1. The Hall–Kier alpha value is 0.0900. The number of hydrogen-bond donors (Lipinski definition) is 0. The first kappa shape index (κ1) is 13.5. The molecule has 0 N–H and O–H groups in total. The summed E-state index contributed by atoms with van der Waals surface area (Å²) in [6.45, 7) is 2.56. The first-order chi connectivity index (χ1) is 7.91. The van der Waals surface area contributed by atoms with Crippen LogP contribution in [-0.4, -0.2) is 26.3 Å². The molecule has 1 saturated carbocycles. The summed E-state index contributed by atoms with van der Waals surface area (Å²) in [4.78, 5) is 0. The molecule has 0 bridgehead atoms. The Morgan fingerprint density at radius 1 is 1.53 bits per heavy atom. The zero-order chi connectivity index (χ0) is 12.6. The molecular formula is C11H16BrNO2S2. The molecule has 6 heteroatoms. The van der Waals surface area contributed by atoms with Crippen LogP contribution in [0.2, 0.25) is 0 Å². The van der Waals surface area contributed by atoms with E-state index in [-0.39, 0.29) is 0 Å². The number of thiophene rings is 1. The van der Waals surface area contributed by atoms with E-state index in [9.17, 15) is 8.42 Å². The fourth-order valence-electron chi connectivity index (χ4n) is 1.85. The van der Waals surface area contributed by atoms with Crippen molar-refractivity contribution in [3.8, 4) is 0 Å². The van der Waals surface area contributed by atoms with Crippen LogP contribution in [0.25, 0.3) is 0 Å². The van der Waals surface area contributed by atoms with Crippen molar-refractivity contribution in [2.24, 2.45) is 5.92 Å². The Morgan fingerprint density at radius 2 is 2.18 bits per heavy atom. The van der Waals surface area contributed by atoms with Gasteiger partial charge < -0.3 is 0 Å². The Labute approximate surface area is 115 Å². The van der Waals surface area contributed by atoms with Crippen LogP contribution in [0.15, 0.2) is 14.1 Å². The molecule has 1 aromatic heterocycles. The fraction of sp³-hybridized carbons (Fsp3) is 0.636. The lowest BCUT2D eigenvalue weighted by atomic mass is 9.86. The SMILES string of the molecule is Cc1cc(S(=O)(=O)N(C)CC2CCC2)sc1Br. The first-order valence-electron chi connectivity index (χ1n) is 5.63. The van der Waals surface area contributed by atoms with Crippen molar-refractivity contribution in [2.45, 2.75) is 30.4 Å². The topological polar surface area (TPSA) is 37.4 Å². The highest BCUT2D eigenvalue weighted by molar-refractivity contribution is 9.11. The van der Waals surface area contributed by atoms with Crippen LogP contribution in [0.1, 0.15) is 24.8 Å². The minimum Gasteiger partial charge on any atom is -0.206 e. The molecule has 96 valence electrons. The van der Waals surface area contributed by atoms with Gasteiger partial charge in [-0.3, -0.25) is 0 Å². The highest BCUT2D eigenvalue weighted by Gasteiger charge is 2.28. The normalized spacial score (nSPS) is 17.4. The van der Waals surface area contributed by atoms with E-state index in [1.165, 1.54) is 22.1 Å². The molecule has 3 nitrogen and oxygen atoms in total. The summed E-state index contributed by atoms with van der Waals surface area (Å²) in [5, 5.41) is 0. The van der Waals surface area contributed by atoms with Crippen LogP contribution in [0.3, 0.4) is 0 Å². The summed E-state index contributed by atoms with van der Waals surface area (Å²) < 4.78 is 27.4. The lowest BCUT2D eigenvalue weighted by Crippen LogP contribution is -2.33. The maximum Gasteiger partial charge on any atom is 0.252 e. The molecule has 0 radical (unpaired) electrons. The van der Waals surface area contributed by atoms with Gasteiger partial charge >= 0.3 is 0 Å². The van der Waals surface area contributed by atoms with Crippen LogP contribution >= 0.6 is 27.3 Å². The minimum atomic E-state index is -3.29. The maximum absolute atomic E-state index is 12.3. The molecule has 17 heavy (non-hydrogen) atoms. The van der Waals surface area contributed by atoms with Crippen molar-refractivity contribution in [3.63, 3.8) is 0 Å². The van der Waals surface area contributed by atoms with Gasteiger partial charge in [-0.1, -0.05) is 6.42 Å². The summed E-state index contributed by atoms with van der Waals surface area (Å²) in [6.07, 6.45) is 3.56. The molecule has 0 atom stereocenters. The highest BCUT2D eigenvalue weighted by Crippen LogP contribution is 2.33. The van der Waals surface area contributed by atoms with Gasteiger partial charge in [-0.25, -0.2) is 8.42 Å². The predicted octanol–water partition coefficient (Wildman–Crippen LogP) is 3.24. The van der Waals surface area contributed by atoms with E-state index in [1.54, 1.807) is 13.1 Å². The summed E-state index contributed by atoms with van der Waals surface area (Å²) >= 11 is 4.66. The monoisotopic (exact) mass is 337 g/mol. The summed E-state index contributed by atoms with van der Waals surface area (Å²) in [5.41, 5.74) is 0.977. The fourth-order valence-corrected chi connectivity index (χ4v) is 5.53. The molecule has 0 aromatic carbocycles. The van der Waals surface area contributed by atoms with Crippen LogP contribution in [0.5, 0.6) is 0 Å². The quantitative estimate of drug-likeness (QED) is 0.845. The van der Waals surface area contributed by atoms with Gasteiger partial charge in [0.2, 0.25) is 0 Å². The van der Waals surface area contributed by atoms with Gasteiger partial charge in [-0.05, 0) is 53.2 Å². The van der Waals surface area contributed by atoms with E-state index in [0.717, 1.165) is 22.2 Å². The zero-order valence-corrected chi connectivity index (χ0v) is 13.2. The van der Waals surface area contributed by atoms with Crippen molar-refractivity contribution in [2.75, 3.05) is 13.6 Å². The molecule has 2 rings (SSSR count). The molecule has 1 aliphatic rings. The van der Waals surface area contributed by atoms with Gasteiger partial charge in [0.15, 0.2) is 0 Å². The van der Waals surface area contributed by atoms with Crippen molar-refractivity contribution < 1.29 is 8.42 Å². The second-order valence-corrected chi connectivity index (χ2v) is 9.25. The van der Waals surface area contributed by atoms with Crippen molar-refractivity contribution in [3.05, 3.63) is 15.4 Å². The molecular weight excluding hydrogens is 322 g/mol. The molecule has 1 aliphatic carbocycles. The highest BCUT2D eigenvalue weighted by atomic mass is 79.9. The van der Waals surface area contributed by atoms with Crippen LogP contribution in [-0.2, 0) is 10.0 Å². The molecule has 1 fully saturated rings. The summed E-state index contributed by atoms with van der Waals surface area (Å²) in [5.74, 6) is 0.555. The Balaban J connectivity index is 2.16. The maximum atomic E-state index is 12.3. The van der Waals surface area contributed by atoms with Gasteiger partial charge in [0.25, 0.3) is 10.0 Å². The lowest BCUT2D eigenvalue weighted by molar-refractivity contribution is 0.263. The number of rotatable bonds is 4. The molecule has 0 saturated heterocycles. The second-order valence-electron chi connectivity index (χ2n) is 4.60. The van der Waals surface area contributed by atoms with Crippen molar-refractivity contribution in [1.29, 1.82) is 0 Å². The number of hydrogen-bond acceptors (Lipinski definition) is 3. The Morgan fingerprint density at radius 3 is 2.59 bits per heavy atom. The third-order valence-electron chi connectivity index (χ3n) is 3.24. The van der Waals surface area contributed by atoms with Crippen molar-refractivity contribution in [1.82, 2.24) is 4.31 Å². The van der Waals surface area contributed by atoms with E-state index < -0.39 is 10.0 Å². The van der Waals surface area contributed by atoms with Gasteiger partial charge in [-0.15, -0.1) is 11.3 Å². The van der Waals surface area contributed by atoms with Gasteiger partial charge in [0, 0.05) is 13.6 Å². The van der Waals surface area contributed by atoms with E-state index in [0.29, 0.717) is 16.7 Å². The first-order valence-corrected chi connectivity index (χ1v) is 8.68. The van der Waals surface area contributed by atoms with E-state index in [2.05, 4.69) is 15.9 Å². The second kappa shape index (κ2) is 4.99. The van der Waals surface area contributed by atoms with E-state index in [1.807, 2.05) is 6.92 Å². The third-order valence-corrected chi connectivity index (χ3v) is 7.65. The van der Waals surface area contributed by atoms with E-state index >= 15 is 0 Å². The zero-order valence-electron chi connectivity index (χ0n) is 9.94. The average Bonchev–Trinajstić information content (AvgIpc) is 2.53. The van der Waals surface area contributed by atoms with Crippen LogP contribution in [0, 0.1) is 12.8 Å². The molecule has 1 heterocycles. The summed E-state index contributed by atoms with van der Waals surface area (Å²) in [6, 6.07) is 1.74. The van der Waals surface area contributed by atoms with Gasteiger partial charge in [0.05, 0.1) is 3.79 Å². The smallest absolute Gasteiger partial charge is 0.206 e. The number of halogens is 1. The Kier molecular flexibility index (Phi) is 3.97. The molecule has 0 amide bonds. The Bertz CT molecular complexity index is 486. The molecule has 1 aromatic rings. The minimum absolute atomic E-state index is 0.434. The van der Waals surface area contributed by atoms with Gasteiger partial charge in [-0.2, -0.15) is 4.31 Å². The molecule has 0 spiro atoms. The van der Waals surface area contributed by atoms with Crippen LogP contribution in [0.4, 0.5) is 0 Å². The standard InChI is InChI=1S/C11H16BrNO2S2/c1-8-6-10(16-11(8)12)17(14,15)13(2)7-9-4-3-5-9/h6,9H,3-5,7H2,1-2H3. The third kappa shape index (κ3) is 2.75. The molecule has 0 aliphatic heterocycles. The summed E-state index contributed by atoms with van der Waals surface area (Å²) in [7, 11) is -1.61. The number of nitrogens with zero attached hydrogens (tertiary/aromatic N) is 1. The van der Waals surface area contributed by atoms with Crippen molar-refractivity contribution >= 4 is 37.3 Å².